The van der Waals surface area contributed by atoms with Crippen molar-refractivity contribution in [2.45, 2.75) is 26.8 Å². The first kappa shape index (κ1) is 20.9. The number of pyridine rings is 1. The van der Waals surface area contributed by atoms with E-state index in [9.17, 15) is 0 Å². The molecule has 1 heterocycles. The minimum Gasteiger partial charge on any atom is -0.475 e. The van der Waals surface area contributed by atoms with E-state index in [1.807, 2.05) is 12.1 Å². The van der Waals surface area contributed by atoms with Gasteiger partial charge in [0.15, 0.2) is 5.96 Å². The predicted octanol–water partition coefficient (Wildman–Crippen LogP) is 2.18. The van der Waals surface area contributed by atoms with Crippen molar-refractivity contribution in [1.82, 2.24) is 10.3 Å². The molecule has 7 heteroatoms. The van der Waals surface area contributed by atoms with Crippen LogP contribution in [0.3, 0.4) is 0 Å². The van der Waals surface area contributed by atoms with Crippen molar-refractivity contribution in [1.29, 1.82) is 0 Å². The number of aromatic nitrogens is 1. The van der Waals surface area contributed by atoms with Crippen LogP contribution in [-0.2, 0) is 11.3 Å². The number of nitrogens with zero attached hydrogens (tertiary/aromatic N) is 2. The zero-order valence-electron chi connectivity index (χ0n) is 13.5. The number of nitrogens with two attached hydrogens (primary N) is 1. The minimum absolute atomic E-state index is 0. The summed E-state index contributed by atoms with van der Waals surface area (Å²) in [6, 6.07) is 3.79. The van der Waals surface area contributed by atoms with Gasteiger partial charge in [0.2, 0.25) is 5.88 Å². The number of methoxy groups -OCH3 is 1. The SMILES string of the molecule is COCCOc1ncccc1CN=C(N)NCCC(C)C.I. The molecule has 0 aliphatic heterocycles. The van der Waals surface area contributed by atoms with Crippen molar-refractivity contribution in [3.8, 4) is 5.88 Å². The van der Waals surface area contributed by atoms with Crippen molar-refractivity contribution >= 4 is 29.9 Å². The molecule has 0 aromatic carbocycles. The standard InChI is InChI=1S/C15H26N4O2.HI/c1-12(2)6-8-18-15(16)19-11-13-5-4-7-17-14(13)21-10-9-20-3;/h4-5,7,12H,6,8-11H2,1-3H3,(H3,16,18,19);1H. The van der Waals surface area contributed by atoms with Crippen LogP contribution in [0, 0.1) is 5.92 Å². The Balaban J connectivity index is 0.00000441. The average molecular weight is 422 g/mol. The van der Waals surface area contributed by atoms with E-state index in [0.29, 0.717) is 37.5 Å². The molecule has 0 aliphatic rings. The Morgan fingerprint density at radius 2 is 2.18 bits per heavy atom. The first-order chi connectivity index (χ1) is 10.1. The summed E-state index contributed by atoms with van der Waals surface area (Å²) in [6.45, 7) is 6.61. The molecule has 22 heavy (non-hydrogen) atoms. The van der Waals surface area contributed by atoms with Gasteiger partial charge in [-0.2, -0.15) is 0 Å². The lowest BCUT2D eigenvalue weighted by atomic mass is 10.1. The Morgan fingerprint density at radius 1 is 1.41 bits per heavy atom. The van der Waals surface area contributed by atoms with Gasteiger partial charge in [-0.15, -0.1) is 24.0 Å². The average Bonchev–Trinajstić information content (AvgIpc) is 2.46. The number of guanidine groups is 1. The highest BCUT2D eigenvalue weighted by atomic mass is 127. The van der Waals surface area contributed by atoms with Crippen LogP contribution in [0.2, 0.25) is 0 Å². The highest BCUT2D eigenvalue weighted by Crippen LogP contribution is 2.15. The maximum absolute atomic E-state index is 5.84. The number of hydrogen-bond acceptors (Lipinski definition) is 4. The fourth-order valence-electron chi connectivity index (χ4n) is 1.61. The van der Waals surface area contributed by atoms with Crippen molar-refractivity contribution in [2.75, 3.05) is 26.9 Å². The summed E-state index contributed by atoms with van der Waals surface area (Å²) in [5, 5.41) is 3.10. The van der Waals surface area contributed by atoms with Crippen molar-refractivity contribution in [2.24, 2.45) is 16.6 Å². The van der Waals surface area contributed by atoms with E-state index in [1.165, 1.54) is 0 Å². The smallest absolute Gasteiger partial charge is 0.218 e. The molecule has 0 fully saturated rings. The van der Waals surface area contributed by atoms with Gasteiger partial charge < -0.3 is 20.5 Å². The summed E-state index contributed by atoms with van der Waals surface area (Å²) in [7, 11) is 1.64. The lowest BCUT2D eigenvalue weighted by Crippen LogP contribution is -2.32. The lowest BCUT2D eigenvalue weighted by molar-refractivity contribution is 0.143. The summed E-state index contributed by atoms with van der Waals surface area (Å²) in [5.41, 5.74) is 6.74. The first-order valence-corrected chi connectivity index (χ1v) is 7.23. The van der Waals surface area contributed by atoms with Crippen LogP contribution in [0.1, 0.15) is 25.8 Å². The number of nitrogens with one attached hydrogen (secondary N) is 1. The quantitative estimate of drug-likeness (QED) is 0.276. The summed E-state index contributed by atoms with van der Waals surface area (Å²) in [5.74, 6) is 1.67. The van der Waals surface area contributed by atoms with Crippen LogP contribution in [0.25, 0.3) is 0 Å². The van der Waals surface area contributed by atoms with Gasteiger partial charge in [-0.1, -0.05) is 19.9 Å². The number of rotatable bonds is 9. The van der Waals surface area contributed by atoms with E-state index >= 15 is 0 Å². The maximum atomic E-state index is 5.84. The van der Waals surface area contributed by atoms with Gasteiger partial charge >= 0.3 is 0 Å². The molecule has 0 saturated heterocycles. The van der Waals surface area contributed by atoms with Crippen LogP contribution < -0.4 is 15.8 Å². The fraction of sp³-hybridized carbons (Fsp3) is 0.600. The molecule has 0 amide bonds. The lowest BCUT2D eigenvalue weighted by Gasteiger charge is -2.10. The molecule has 0 unspecified atom stereocenters. The first-order valence-electron chi connectivity index (χ1n) is 7.23. The normalized spacial score (nSPS) is 11.2. The zero-order valence-corrected chi connectivity index (χ0v) is 15.9. The van der Waals surface area contributed by atoms with Crippen molar-refractivity contribution < 1.29 is 9.47 Å². The molecule has 0 atom stereocenters. The summed E-state index contributed by atoms with van der Waals surface area (Å²) < 4.78 is 10.5. The topological polar surface area (TPSA) is 81.8 Å². The number of ether oxygens (including phenoxy) is 2. The monoisotopic (exact) mass is 422 g/mol. The number of aliphatic imine (C=N–C) groups is 1. The van der Waals surface area contributed by atoms with Gasteiger partial charge in [-0.3, -0.25) is 0 Å². The van der Waals surface area contributed by atoms with Gasteiger partial charge in [0.25, 0.3) is 0 Å². The molecular formula is C15H27IN4O2. The number of hydrogen-bond donors (Lipinski definition) is 2. The third-order valence-corrected chi connectivity index (χ3v) is 2.82. The molecule has 1 rings (SSSR count). The van der Waals surface area contributed by atoms with E-state index in [4.69, 9.17) is 15.2 Å². The van der Waals surface area contributed by atoms with Gasteiger partial charge in [-0.25, -0.2) is 9.98 Å². The molecule has 0 bridgehead atoms. The molecule has 0 saturated carbocycles. The van der Waals surface area contributed by atoms with Crippen LogP contribution in [0.4, 0.5) is 0 Å². The second-order valence-electron chi connectivity index (χ2n) is 5.12. The van der Waals surface area contributed by atoms with E-state index in [0.717, 1.165) is 18.5 Å². The largest absolute Gasteiger partial charge is 0.475 e. The summed E-state index contributed by atoms with van der Waals surface area (Å²) >= 11 is 0. The molecule has 6 nitrogen and oxygen atoms in total. The van der Waals surface area contributed by atoms with Crippen LogP contribution >= 0.6 is 24.0 Å². The fourth-order valence-corrected chi connectivity index (χ4v) is 1.61. The Labute approximate surface area is 149 Å². The summed E-state index contributed by atoms with van der Waals surface area (Å²) in [4.78, 5) is 8.52. The molecule has 3 N–H and O–H groups in total. The van der Waals surface area contributed by atoms with E-state index in [1.54, 1.807) is 13.3 Å². The Hall–Kier alpha value is -1.09. The molecular weight excluding hydrogens is 395 g/mol. The third kappa shape index (κ3) is 9.04. The molecule has 126 valence electrons. The van der Waals surface area contributed by atoms with E-state index in [2.05, 4.69) is 29.1 Å². The van der Waals surface area contributed by atoms with E-state index < -0.39 is 0 Å². The van der Waals surface area contributed by atoms with Crippen LogP contribution in [0.15, 0.2) is 23.3 Å². The zero-order chi connectivity index (χ0) is 15.5. The second kappa shape index (κ2) is 12.5. The van der Waals surface area contributed by atoms with Gasteiger partial charge in [0, 0.05) is 25.4 Å². The second-order valence-corrected chi connectivity index (χ2v) is 5.12. The predicted molar refractivity (Wildman–Crippen MR) is 99.8 cm³/mol. The Kier molecular flexibility index (Phi) is 11.8. The van der Waals surface area contributed by atoms with E-state index in [-0.39, 0.29) is 24.0 Å². The molecule has 0 spiro atoms. The summed E-state index contributed by atoms with van der Waals surface area (Å²) in [6.07, 6.45) is 2.76. The minimum atomic E-state index is 0. The molecule has 0 aliphatic carbocycles. The molecule has 0 radical (unpaired) electrons. The highest BCUT2D eigenvalue weighted by molar-refractivity contribution is 14.0. The Morgan fingerprint density at radius 3 is 2.86 bits per heavy atom. The number of halogens is 1. The third-order valence-electron chi connectivity index (χ3n) is 2.82. The molecule has 1 aromatic heterocycles. The van der Waals surface area contributed by atoms with Gasteiger partial charge in [-0.05, 0) is 18.4 Å². The van der Waals surface area contributed by atoms with Crippen molar-refractivity contribution in [3.63, 3.8) is 0 Å². The Bertz CT molecular complexity index is 441. The van der Waals surface area contributed by atoms with Crippen molar-refractivity contribution in [3.05, 3.63) is 23.9 Å². The van der Waals surface area contributed by atoms with Gasteiger partial charge in [0.1, 0.15) is 6.61 Å². The maximum Gasteiger partial charge on any atom is 0.218 e. The van der Waals surface area contributed by atoms with Crippen LogP contribution in [-0.4, -0.2) is 37.8 Å². The highest BCUT2D eigenvalue weighted by Gasteiger charge is 2.04. The van der Waals surface area contributed by atoms with Crippen LogP contribution in [0.5, 0.6) is 5.88 Å². The van der Waals surface area contributed by atoms with Gasteiger partial charge in [0.05, 0.1) is 13.2 Å². The molecule has 1 aromatic rings.